The SMILES string of the molecule is [F-].[F-].[Zr+4].c1ccc(P(c2ccccc2)c2cc3ccccc3[cH-]2)cc1.c1ccc2c(c1)[cH-]c1ccccc12. The summed E-state index contributed by atoms with van der Waals surface area (Å²) in [5, 5.41) is 12.3. The van der Waals surface area contributed by atoms with Gasteiger partial charge in [0.2, 0.25) is 0 Å². The molecule has 0 spiro atoms. The van der Waals surface area contributed by atoms with Crippen LogP contribution >= 0.6 is 7.92 Å². The summed E-state index contributed by atoms with van der Waals surface area (Å²) in [4.78, 5) is 0. The van der Waals surface area contributed by atoms with Crippen LogP contribution in [0.2, 0.25) is 0 Å². The minimum atomic E-state index is -0.493. The summed E-state index contributed by atoms with van der Waals surface area (Å²) in [6, 6.07) is 54.3. The van der Waals surface area contributed by atoms with Crippen molar-refractivity contribution in [2.24, 2.45) is 0 Å². The van der Waals surface area contributed by atoms with Crippen LogP contribution in [0.15, 0.2) is 152 Å². The molecule has 0 fully saturated rings. The predicted octanol–water partition coefficient (Wildman–Crippen LogP) is 2.03. The van der Waals surface area contributed by atoms with Crippen molar-refractivity contribution in [2.75, 3.05) is 0 Å². The van der Waals surface area contributed by atoms with Crippen LogP contribution in [-0.2, 0) is 26.2 Å². The Hall–Kier alpha value is -3.25. The number of hydrogen-bond acceptors (Lipinski definition) is 0. The van der Waals surface area contributed by atoms with Gasteiger partial charge < -0.3 is 9.41 Å². The summed E-state index contributed by atoms with van der Waals surface area (Å²) in [5.41, 5.74) is 0. The van der Waals surface area contributed by atoms with Crippen LogP contribution < -0.4 is 25.3 Å². The number of halogens is 2. The maximum atomic E-state index is 2.35. The molecule has 7 aromatic rings. The average Bonchev–Trinajstić information content (AvgIpc) is 3.52. The molecule has 4 heteroatoms. The molecule has 0 saturated heterocycles. The van der Waals surface area contributed by atoms with Gasteiger partial charge >= 0.3 is 26.2 Å². The van der Waals surface area contributed by atoms with Crippen LogP contribution in [0.25, 0.3) is 32.3 Å². The molecule has 0 bridgehead atoms. The van der Waals surface area contributed by atoms with E-state index in [1.54, 1.807) is 0 Å². The van der Waals surface area contributed by atoms with Crippen LogP contribution in [0.5, 0.6) is 0 Å². The van der Waals surface area contributed by atoms with Gasteiger partial charge in [-0.2, -0.15) is 6.07 Å². The van der Waals surface area contributed by atoms with E-state index in [1.807, 2.05) is 0 Å². The Morgan fingerprint density at radius 1 is 0.421 bits per heavy atom. The number of hydrogen-bond donors (Lipinski definition) is 0. The molecule has 0 saturated carbocycles. The molecule has 0 radical (unpaired) electrons. The average molecular weight is 594 g/mol. The molecule has 0 heterocycles. The van der Waals surface area contributed by atoms with Crippen molar-refractivity contribution in [1.82, 2.24) is 0 Å². The van der Waals surface area contributed by atoms with Gasteiger partial charge in [0.25, 0.3) is 0 Å². The first kappa shape index (κ1) is 29.3. The molecule has 184 valence electrons. The van der Waals surface area contributed by atoms with E-state index in [4.69, 9.17) is 0 Å². The topological polar surface area (TPSA) is 0 Å². The molecule has 0 atom stereocenters. The quantitative estimate of drug-likeness (QED) is 0.217. The minimum Gasteiger partial charge on any atom is -1.00 e. The molecule has 0 aliphatic carbocycles. The van der Waals surface area contributed by atoms with E-state index in [0.29, 0.717) is 0 Å². The van der Waals surface area contributed by atoms with Crippen molar-refractivity contribution >= 4 is 56.2 Å². The van der Waals surface area contributed by atoms with Gasteiger partial charge in [-0.1, -0.05) is 103 Å². The molecule has 0 nitrogen and oxygen atoms in total. The van der Waals surface area contributed by atoms with E-state index >= 15 is 0 Å². The molecule has 7 aromatic carbocycles. The van der Waals surface area contributed by atoms with E-state index in [0.717, 1.165) is 0 Å². The molecular formula is C34H25F2PZr. The van der Waals surface area contributed by atoms with E-state index in [-0.39, 0.29) is 35.6 Å². The fourth-order valence-electron chi connectivity index (χ4n) is 4.77. The summed E-state index contributed by atoms with van der Waals surface area (Å²) < 4.78 is 0. The van der Waals surface area contributed by atoms with Gasteiger partial charge in [0.1, 0.15) is 0 Å². The third kappa shape index (κ3) is 6.07. The van der Waals surface area contributed by atoms with Gasteiger partial charge in [-0.15, -0.1) is 80.1 Å². The maximum Gasteiger partial charge on any atom is 4.00 e. The van der Waals surface area contributed by atoms with E-state index in [1.165, 1.54) is 48.2 Å². The zero-order valence-electron chi connectivity index (χ0n) is 20.6. The van der Waals surface area contributed by atoms with Crippen LogP contribution in [-0.4, -0.2) is 0 Å². The first-order valence-corrected chi connectivity index (χ1v) is 13.3. The largest absolute Gasteiger partial charge is 4.00 e. The summed E-state index contributed by atoms with van der Waals surface area (Å²) in [5.74, 6) is 0. The van der Waals surface area contributed by atoms with E-state index in [9.17, 15) is 0 Å². The molecule has 7 rings (SSSR count). The van der Waals surface area contributed by atoms with Gasteiger partial charge in [0, 0.05) is 0 Å². The normalized spacial score (nSPS) is 10.2. The standard InChI is InChI=1S/C21H16P.C13H9.2FH.Zr/c1-3-11-19(12-4-1)22(20-13-5-2-6-14-20)21-15-17-9-7-8-10-18(17)16-21;1-3-7-12-10(5-1)9-11-6-2-4-8-13(11)12;;;/h1-16H;1-9H;2*1H;/q2*-1;;;+4/p-2. The Kier molecular flexibility index (Phi) is 10.4. The molecule has 0 aromatic heterocycles. The first-order chi connectivity index (χ1) is 17.4. The van der Waals surface area contributed by atoms with Crippen molar-refractivity contribution in [3.05, 3.63) is 152 Å². The van der Waals surface area contributed by atoms with Crippen LogP contribution in [0, 0.1) is 0 Å². The molecule has 0 aliphatic heterocycles. The Morgan fingerprint density at radius 3 is 1.34 bits per heavy atom. The minimum absolute atomic E-state index is 0. The monoisotopic (exact) mass is 592 g/mol. The fourth-order valence-corrected chi connectivity index (χ4v) is 7.14. The molecule has 0 unspecified atom stereocenters. The molecular weight excluding hydrogens is 569 g/mol. The Labute approximate surface area is 242 Å². The van der Waals surface area contributed by atoms with Crippen LogP contribution in [0.1, 0.15) is 0 Å². The Balaban J connectivity index is 0.000000216. The molecule has 38 heavy (non-hydrogen) atoms. The van der Waals surface area contributed by atoms with Crippen molar-refractivity contribution < 1.29 is 35.6 Å². The smallest absolute Gasteiger partial charge is 1.00 e. The van der Waals surface area contributed by atoms with Gasteiger partial charge in [-0.05, 0) is 18.5 Å². The number of rotatable bonds is 3. The zero-order chi connectivity index (χ0) is 23.5. The number of benzene rings is 5. The van der Waals surface area contributed by atoms with Crippen molar-refractivity contribution in [3.63, 3.8) is 0 Å². The summed E-state index contributed by atoms with van der Waals surface area (Å²) in [6.45, 7) is 0. The molecule has 0 N–H and O–H groups in total. The summed E-state index contributed by atoms with van der Waals surface area (Å²) >= 11 is 0. The fraction of sp³-hybridized carbons (Fsp3) is 0. The van der Waals surface area contributed by atoms with Gasteiger partial charge in [-0.25, -0.2) is 0 Å². The van der Waals surface area contributed by atoms with Gasteiger partial charge in [0.05, 0.1) is 0 Å². The third-order valence-corrected chi connectivity index (χ3v) is 8.82. The zero-order valence-corrected chi connectivity index (χ0v) is 24.0. The molecule has 0 amide bonds. The van der Waals surface area contributed by atoms with Crippen molar-refractivity contribution in [1.29, 1.82) is 0 Å². The van der Waals surface area contributed by atoms with Crippen molar-refractivity contribution in [2.45, 2.75) is 0 Å². The Bertz CT molecular complexity index is 1580. The van der Waals surface area contributed by atoms with E-state index in [2.05, 4.69) is 152 Å². The van der Waals surface area contributed by atoms with Gasteiger partial charge in [-0.3, -0.25) is 0 Å². The van der Waals surface area contributed by atoms with Gasteiger partial charge in [0.15, 0.2) is 0 Å². The van der Waals surface area contributed by atoms with Crippen molar-refractivity contribution in [3.8, 4) is 0 Å². The van der Waals surface area contributed by atoms with Crippen LogP contribution in [0.4, 0.5) is 0 Å². The second-order valence-corrected chi connectivity index (χ2v) is 10.9. The molecule has 0 aliphatic rings. The summed E-state index contributed by atoms with van der Waals surface area (Å²) in [6.07, 6.45) is 0. The maximum absolute atomic E-state index is 2.35. The second kappa shape index (κ2) is 13.5. The predicted molar refractivity (Wildman–Crippen MR) is 155 cm³/mol. The Morgan fingerprint density at radius 2 is 0.842 bits per heavy atom. The third-order valence-electron chi connectivity index (χ3n) is 6.41. The van der Waals surface area contributed by atoms with Crippen LogP contribution in [0.3, 0.4) is 0 Å². The second-order valence-electron chi connectivity index (χ2n) is 8.67. The first-order valence-electron chi connectivity index (χ1n) is 12.0. The van der Waals surface area contributed by atoms with E-state index < -0.39 is 7.92 Å². The number of fused-ring (bicyclic) bond motifs is 4. The summed E-state index contributed by atoms with van der Waals surface area (Å²) in [7, 11) is -0.493.